The van der Waals surface area contributed by atoms with E-state index < -0.39 is 11.6 Å². The molecule has 2 heterocycles. The first-order valence-electron chi connectivity index (χ1n) is 8.64. The van der Waals surface area contributed by atoms with Crippen LogP contribution < -0.4 is 4.74 Å². The van der Waals surface area contributed by atoms with Gasteiger partial charge in [-0.2, -0.15) is 0 Å². The predicted molar refractivity (Wildman–Crippen MR) is 170 cm³/mol. The number of ether oxygens (including phenoxy) is 2. The number of aromatic hydroxyl groups is 2. The second-order valence-corrected chi connectivity index (χ2v) is 14.6. The van der Waals surface area contributed by atoms with Gasteiger partial charge in [0, 0.05) is 20.7 Å². The minimum atomic E-state index is -1.41. The first-order valence-corrected chi connectivity index (χ1v) is 16.1. The van der Waals surface area contributed by atoms with Gasteiger partial charge in [0.05, 0.1) is 24.7 Å². The Morgan fingerprint density at radius 3 is 1.97 bits per heavy atom. The second-order valence-electron chi connectivity index (χ2n) is 6.94. The third-order valence-electron chi connectivity index (χ3n) is 5.32. The second kappa shape index (κ2) is 8.99. The highest BCUT2D eigenvalue weighted by molar-refractivity contribution is 14.1. The average molecular weight is 1150 g/mol. The van der Waals surface area contributed by atoms with Crippen LogP contribution in [0, 0.1) is 14.3 Å². The molecule has 1 spiro atoms. The van der Waals surface area contributed by atoms with E-state index in [-0.39, 0.29) is 21.7 Å². The third-order valence-corrected chi connectivity index (χ3v) is 13.9. The monoisotopic (exact) mass is 1150 g/mol. The highest BCUT2D eigenvalue weighted by Gasteiger charge is 2.59. The first-order chi connectivity index (χ1) is 15.4. The number of hydrogen-bond donors (Lipinski definition) is 2. The van der Waals surface area contributed by atoms with E-state index in [0.717, 1.165) is 7.14 Å². The van der Waals surface area contributed by atoms with Crippen molar-refractivity contribution in [1.82, 2.24) is 0 Å². The fourth-order valence-electron chi connectivity index (χ4n) is 3.99. The van der Waals surface area contributed by atoms with E-state index in [0.29, 0.717) is 48.6 Å². The summed E-state index contributed by atoms with van der Waals surface area (Å²) >= 11 is 22.5. The molecule has 5 nitrogen and oxygen atoms in total. The summed E-state index contributed by atoms with van der Waals surface area (Å²) in [7, 11) is 0. The molecule has 33 heavy (non-hydrogen) atoms. The van der Waals surface area contributed by atoms with Crippen molar-refractivity contribution in [3.8, 4) is 23.0 Å². The Balaban J connectivity index is 2.10. The normalized spacial score (nSPS) is 18.0. The van der Waals surface area contributed by atoms with Crippen LogP contribution in [-0.4, -0.2) is 16.2 Å². The molecular formula is C20H4Br4I4O5. The standard InChI is InChI=1S/C20H4Br4I4O5/c21-9-7-17(11(23)15(29)10(9)22)32-18-8(13(27)14(28)16(30)12(18)24)20(7)6-4(26)2-1-3(25)5(6)19(31)33-20/h1-2,29-30H. The number of carbonyl (C=O) groups is 1. The lowest BCUT2D eigenvalue weighted by molar-refractivity contribution is 0.0215. The van der Waals surface area contributed by atoms with Crippen LogP contribution in [0.1, 0.15) is 27.0 Å². The van der Waals surface area contributed by atoms with E-state index in [1.54, 1.807) is 0 Å². The Labute approximate surface area is 275 Å². The zero-order chi connectivity index (χ0) is 24.1. The van der Waals surface area contributed by atoms with Crippen molar-refractivity contribution in [2.75, 3.05) is 0 Å². The van der Waals surface area contributed by atoms with Crippen LogP contribution in [0.4, 0.5) is 0 Å². The molecule has 0 aromatic heterocycles. The average Bonchev–Trinajstić information content (AvgIpc) is 3.08. The molecule has 0 fully saturated rings. The van der Waals surface area contributed by atoms with E-state index in [4.69, 9.17) is 9.47 Å². The fraction of sp³-hybridized carbons (Fsp3) is 0.0500. The van der Waals surface area contributed by atoms with Crippen LogP contribution in [0.25, 0.3) is 0 Å². The lowest BCUT2D eigenvalue weighted by Crippen LogP contribution is -2.36. The van der Waals surface area contributed by atoms with E-state index in [9.17, 15) is 15.0 Å². The van der Waals surface area contributed by atoms with Crippen LogP contribution >= 0.6 is 154 Å². The maximum Gasteiger partial charge on any atom is 0.341 e. The number of phenolic OH excluding ortho intramolecular Hbond substituents is 2. The highest BCUT2D eigenvalue weighted by atomic mass is 127. The molecule has 0 bridgehead atoms. The number of hydrogen-bond acceptors (Lipinski definition) is 5. The van der Waals surface area contributed by atoms with Gasteiger partial charge < -0.3 is 19.7 Å². The van der Waals surface area contributed by atoms with Crippen molar-refractivity contribution < 1.29 is 24.5 Å². The molecule has 2 aliphatic rings. The maximum atomic E-state index is 13.4. The summed E-state index contributed by atoms with van der Waals surface area (Å²) in [6.07, 6.45) is 0. The maximum absolute atomic E-state index is 13.4. The van der Waals surface area contributed by atoms with Gasteiger partial charge in [0.2, 0.25) is 0 Å². The Morgan fingerprint density at radius 1 is 0.727 bits per heavy atom. The largest absolute Gasteiger partial charge is 0.505 e. The minimum absolute atomic E-state index is 0.00996. The van der Waals surface area contributed by atoms with E-state index >= 15 is 0 Å². The van der Waals surface area contributed by atoms with Gasteiger partial charge in [0.15, 0.2) is 17.1 Å². The number of esters is 1. The van der Waals surface area contributed by atoms with Gasteiger partial charge in [-0.25, -0.2) is 4.79 Å². The summed E-state index contributed by atoms with van der Waals surface area (Å²) in [4.78, 5) is 13.4. The fourth-order valence-corrected chi connectivity index (χ4v) is 9.54. The number of fused-ring (bicyclic) bond motifs is 6. The quantitative estimate of drug-likeness (QED) is 0.134. The van der Waals surface area contributed by atoms with Gasteiger partial charge in [-0.3, -0.25) is 0 Å². The molecule has 1 unspecified atom stereocenters. The van der Waals surface area contributed by atoms with E-state index in [1.165, 1.54) is 0 Å². The van der Waals surface area contributed by atoms with Crippen molar-refractivity contribution >= 4 is 160 Å². The van der Waals surface area contributed by atoms with Crippen molar-refractivity contribution in [3.63, 3.8) is 0 Å². The summed E-state index contributed by atoms with van der Waals surface area (Å²) in [5.74, 6) is 0.0308. The van der Waals surface area contributed by atoms with Crippen LogP contribution in [0.15, 0.2) is 30.0 Å². The van der Waals surface area contributed by atoms with Gasteiger partial charge in [-0.05, 0) is 166 Å². The predicted octanol–water partition coefficient (Wildman–Crippen LogP) is 9.13. The van der Waals surface area contributed by atoms with Crippen LogP contribution in [0.2, 0.25) is 0 Å². The Bertz CT molecular complexity index is 1390. The molecule has 0 amide bonds. The van der Waals surface area contributed by atoms with Gasteiger partial charge in [0.1, 0.15) is 20.4 Å². The summed E-state index contributed by atoms with van der Waals surface area (Å²) in [5, 5.41) is 21.5. The molecule has 0 radical (unpaired) electrons. The summed E-state index contributed by atoms with van der Waals surface area (Å²) < 4.78 is 17.0. The topological polar surface area (TPSA) is 76.0 Å². The molecule has 170 valence electrons. The summed E-state index contributed by atoms with van der Waals surface area (Å²) in [6, 6.07) is 3.81. The molecule has 3 aromatic rings. The first kappa shape index (κ1) is 26.0. The molecule has 2 N–H and O–H groups in total. The van der Waals surface area contributed by atoms with Crippen LogP contribution in [0.3, 0.4) is 0 Å². The smallest absolute Gasteiger partial charge is 0.341 e. The van der Waals surface area contributed by atoms with Crippen LogP contribution in [-0.2, 0) is 10.3 Å². The van der Waals surface area contributed by atoms with Gasteiger partial charge in [-0.15, -0.1) is 0 Å². The molecule has 13 heteroatoms. The van der Waals surface area contributed by atoms with E-state index in [1.807, 2.05) is 12.1 Å². The van der Waals surface area contributed by atoms with E-state index in [2.05, 4.69) is 154 Å². The molecule has 0 aliphatic carbocycles. The molecule has 0 saturated heterocycles. The number of carbonyl (C=O) groups excluding carboxylic acids is 1. The Hall–Kier alpha value is 1.37. The zero-order valence-electron chi connectivity index (χ0n) is 15.3. The van der Waals surface area contributed by atoms with Gasteiger partial charge in [-0.1, -0.05) is 0 Å². The molecule has 1 atom stereocenters. The van der Waals surface area contributed by atoms with Crippen molar-refractivity contribution in [1.29, 1.82) is 0 Å². The minimum Gasteiger partial charge on any atom is -0.505 e. The van der Waals surface area contributed by atoms with Gasteiger partial charge >= 0.3 is 5.97 Å². The molecular weight excluding hydrogens is 1150 g/mol. The van der Waals surface area contributed by atoms with Crippen molar-refractivity contribution in [2.45, 2.75) is 5.60 Å². The zero-order valence-corrected chi connectivity index (χ0v) is 30.3. The van der Waals surface area contributed by atoms with Crippen molar-refractivity contribution in [2.24, 2.45) is 0 Å². The molecule has 2 aliphatic heterocycles. The Morgan fingerprint density at radius 2 is 1.30 bits per heavy atom. The summed E-state index contributed by atoms with van der Waals surface area (Å²) in [6.45, 7) is 0. The highest BCUT2D eigenvalue weighted by Crippen LogP contribution is 2.66. The third kappa shape index (κ3) is 3.46. The molecule has 0 saturated carbocycles. The number of rotatable bonds is 0. The lowest BCUT2D eigenvalue weighted by atomic mass is 9.77. The Kier molecular flexibility index (Phi) is 7.08. The number of benzene rings is 3. The van der Waals surface area contributed by atoms with Gasteiger partial charge in [0.25, 0.3) is 0 Å². The number of phenols is 2. The molecule has 5 rings (SSSR count). The number of halogens is 8. The van der Waals surface area contributed by atoms with Crippen molar-refractivity contribution in [3.05, 3.63) is 66.6 Å². The van der Waals surface area contributed by atoms with Crippen LogP contribution in [0.5, 0.6) is 23.0 Å². The lowest BCUT2D eigenvalue weighted by Gasteiger charge is -2.39. The summed E-state index contributed by atoms with van der Waals surface area (Å²) in [5.41, 5.74) is 0.856. The molecule has 3 aromatic carbocycles. The SMILES string of the molecule is O=C1OC2(c3c(Br)c(Br)c(O)c(Br)c3Oc3c(Br)c(O)c(I)c(I)c32)c2c(I)ccc(I)c21.